The first-order chi connectivity index (χ1) is 6.51. The van der Waals surface area contributed by atoms with Crippen molar-refractivity contribution >= 4 is 16.1 Å². The van der Waals surface area contributed by atoms with E-state index in [1.807, 2.05) is 17.9 Å². The molecule has 0 N–H and O–H groups in total. The zero-order valence-corrected chi connectivity index (χ0v) is 15.6. The maximum atomic E-state index is 4.30. The molecular weight excluding hydrogens is 391 g/mol. The predicted molar refractivity (Wildman–Crippen MR) is 72.4 cm³/mol. The summed E-state index contributed by atoms with van der Waals surface area (Å²) >= 11 is 1.84. The van der Waals surface area contributed by atoms with Gasteiger partial charge in [-0.15, -0.1) is 0 Å². The third kappa shape index (κ3) is 4.37. The number of hydrogen-bond donors (Lipinski definition) is 0. The van der Waals surface area contributed by atoms with E-state index in [4.69, 9.17) is 0 Å². The average Bonchev–Trinajstić information content (AvgIpc) is 1.99. The van der Waals surface area contributed by atoms with Crippen LogP contribution in [0.3, 0.4) is 0 Å². The van der Waals surface area contributed by atoms with Crippen LogP contribution in [0.2, 0.25) is 39.3 Å². The Hall–Kier alpha value is 0.330. The quantitative estimate of drug-likeness (QED) is 0.482. The summed E-state index contributed by atoms with van der Waals surface area (Å²) in [6.07, 6.45) is 0. The molecule has 0 heterocycles. The van der Waals surface area contributed by atoms with Crippen molar-refractivity contribution in [2.75, 3.05) is 0 Å². The van der Waals surface area contributed by atoms with Gasteiger partial charge in [0.15, 0.2) is 0 Å². The molecule has 0 atom stereocenters. The van der Waals surface area contributed by atoms with Gasteiger partial charge in [-0.25, -0.2) is 0 Å². The van der Waals surface area contributed by atoms with Gasteiger partial charge in [0.05, 0.1) is 0 Å². The summed E-state index contributed by atoms with van der Waals surface area (Å²) in [4.78, 5) is 0. The molecular formula is C12H23OsSi2. The first kappa shape index (κ1) is 15.3. The summed E-state index contributed by atoms with van der Waals surface area (Å²) in [5.41, 5.74) is 1.42. The second kappa shape index (κ2) is 5.11. The van der Waals surface area contributed by atoms with Gasteiger partial charge in [-0.3, -0.25) is 0 Å². The van der Waals surface area contributed by atoms with Crippen LogP contribution in [0, 0.1) is 4.37 Å². The molecule has 15 heavy (non-hydrogen) atoms. The van der Waals surface area contributed by atoms with Crippen LogP contribution in [0.15, 0.2) is 22.5 Å². The first-order valence-corrected chi connectivity index (χ1v) is 13.6. The molecule has 0 saturated heterocycles. The maximum absolute atomic E-state index is 4.30. The summed E-state index contributed by atoms with van der Waals surface area (Å²) in [6.45, 7) is 20.7. The molecule has 0 nitrogen and oxygen atoms in total. The number of allylic oxidation sites excluding steroid dienone is 3. The number of hydrogen-bond acceptors (Lipinski definition) is 0. The molecule has 0 saturated carbocycles. The van der Waals surface area contributed by atoms with Crippen molar-refractivity contribution in [3.05, 3.63) is 22.5 Å². The normalized spacial score (nSPS) is 14.3. The Morgan fingerprint density at radius 2 is 1.40 bits per heavy atom. The van der Waals surface area contributed by atoms with E-state index in [1.54, 1.807) is 0 Å². The Balaban J connectivity index is 5.47. The summed E-state index contributed by atoms with van der Waals surface area (Å²) in [5.74, 6) is 0. The van der Waals surface area contributed by atoms with Crippen LogP contribution in [0.5, 0.6) is 0 Å². The van der Waals surface area contributed by atoms with E-state index in [2.05, 4.69) is 57.2 Å². The van der Waals surface area contributed by atoms with Gasteiger partial charge in [0, 0.05) is 0 Å². The summed E-state index contributed by atoms with van der Waals surface area (Å²) < 4.78 is 3.43. The standard InChI is InChI=1S/C12H23Si2.Os/c1-10(11(2)13(4,5)6)12(3)14(7,8)9;/h2H2,1,4-9H3;/b12-10+;. The Morgan fingerprint density at radius 3 is 1.60 bits per heavy atom. The fraction of sp³-hybridized carbons (Fsp3) is 0.583. The Kier molecular flexibility index (Phi) is 5.22. The average molecular weight is 414 g/mol. The van der Waals surface area contributed by atoms with Gasteiger partial charge in [0.1, 0.15) is 0 Å². The van der Waals surface area contributed by atoms with Gasteiger partial charge in [-0.1, -0.05) is 0 Å². The van der Waals surface area contributed by atoms with Crippen LogP contribution in [-0.4, -0.2) is 16.1 Å². The van der Waals surface area contributed by atoms with Crippen LogP contribution in [0.4, 0.5) is 0 Å². The molecule has 0 spiro atoms. The molecule has 0 aromatic heterocycles. The molecule has 0 aromatic carbocycles. The summed E-state index contributed by atoms with van der Waals surface area (Å²) in [5, 5.41) is 2.85. The van der Waals surface area contributed by atoms with Gasteiger partial charge in [-0.05, 0) is 0 Å². The van der Waals surface area contributed by atoms with Crippen molar-refractivity contribution in [1.82, 2.24) is 0 Å². The number of rotatable bonds is 3. The van der Waals surface area contributed by atoms with Crippen LogP contribution in [-0.2, 0) is 17.9 Å². The third-order valence-corrected chi connectivity index (χ3v) is 7.99. The van der Waals surface area contributed by atoms with Gasteiger partial charge < -0.3 is 0 Å². The van der Waals surface area contributed by atoms with Gasteiger partial charge in [-0.2, -0.15) is 0 Å². The molecule has 0 aromatic rings. The fourth-order valence-corrected chi connectivity index (χ4v) is 7.73. The molecule has 0 radical (unpaired) electrons. The zero-order valence-electron chi connectivity index (χ0n) is 11.1. The van der Waals surface area contributed by atoms with Crippen molar-refractivity contribution < 1.29 is 17.9 Å². The van der Waals surface area contributed by atoms with Crippen LogP contribution in [0.1, 0.15) is 6.92 Å². The molecule has 0 rings (SSSR count). The molecule has 0 aliphatic carbocycles. The van der Waals surface area contributed by atoms with E-state index in [0.29, 0.717) is 0 Å². The molecule has 0 bridgehead atoms. The van der Waals surface area contributed by atoms with Crippen molar-refractivity contribution in [2.45, 2.75) is 46.2 Å². The van der Waals surface area contributed by atoms with E-state index in [9.17, 15) is 0 Å². The van der Waals surface area contributed by atoms with Crippen LogP contribution >= 0.6 is 0 Å². The monoisotopic (exact) mass is 415 g/mol. The van der Waals surface area contributed by atoms with Crippen molar-refractivity contribution in [1.29, 1.82) is 0 Å². The van der Waals surface area contributed by atoms with E-state index in [0.717, 1.165) is 0 Å². The molecule has 0 unspecified atom stereocenters. The zero-order chi connectivity index (χ0) is 12.4. The van der Waals surface area contributed by atoms with E-state index in [-0.39, 0.29) is 0 Å². The molecule has 0 aliphatic heterocycles. The topological polar surface area (TPSA) is 0 Å². The van der Waals surface area contributed by atoms with Crippen molar-refractivity contribution in [2.24, 2.45) is 0 Å². The third-order valence-electron chi connectivity index (χ3n) is 2.57. The summed E-state index contributed by atoms with van der Waals surface area (Å²) in [7, 11) is -2.50. The van der Waals surface area contributed by atoms with E-state index >= 15 is 0 Å². The molecule has 0 amide bonds. The summed E-state index contributed by atoms with van der Waals surface area (Å²) in [6, 6.07) is 0. The second-order valence-electron chi connectivity index (χ2n) is 6.07. The second-order valence-corrected chi connectivity index (χ2v) is 16.8. The minimum absolute atomic E-state index is 1.25. The SMILES string of the molecule is C=C(/C(C)=C(\[C]#[Os])[Si](C)(C)C)[Si](C)(C)C. The Labute approximate surface area is 107 Å². The molecule has 87 valence electrons. The predicted octanol–water partition coefficient (Wildman–Crippen LogP) is 4.12. The van der Waals surface area contributed by atoms with Gasteiger partial charge in [0.2, 0.25) is 0 Å². The van der Waals surface area contributed by atoms with E-state index < -0.39 is 16.1 Å². The van der Waals surface area contributed by atoms with Crippen molar-refractivity contribution in [3.8, 4) is 4.37 Å². The fourth-order valence-electron chi connectivity index (χ4n) is 1.47. The van der Waals surface area contributed by atoms with Gasteiger partial charge in [0.25, 0.3) is 0 Å². The first-order valence-electron chi connectivity index (χ1n) is 5.28. The molecule has 3 heteroatoms. The minimum atomic E-state index is -1.25. The van der Waals surface area contributed by atoms with Crippen LogP contribution < -0.4 is 0 Å². The van der Waals surface area contributed by atoms with Gasteiger partial charge >= 0.3 is 107 Å². The van der Waals surface area contributed by atoms with E-state index in [1.165, 1.54) is 16.0 Å². The molecule has 0 fully saturated rings. The Morgan fingerprint density at radius 1 is 1.00 bits per heavy atom. The van der Waals surface area contributed by atoms with Crippen molar-refractivity contribution in [3.63, 3.8) is 0 Å². The van der Waals surface area contributed by atoms with Crippen LogP contribution in [0.25, 0.3) is 0 Å². The Bertz CT molecular complexity index is 332. The molecule has 0 aliphatic rings.